The summed E-state index contributed by atoms with van der Waals surface area (Å²) in [4.78, 5) is 24.3. The number of hydrogen-bond donors (Lipinski definition) is 1. The average molecular weight is 260 g/mol. The number of benzene rings is 1. The van der Waals surface area contributed by atoms with Crippen LogP contribution < -0.4 is 15.4 Å². The van der Waals surface area contributed by atoms with Gasteiger partial charge in [0.05, 0.1) is 18.2 Å². The molecule has 0 unspecified atom stereocenters. The number of carbonyl (C=O) groups excluding carboxylic acids is 2. The van der Waals surface area contributed by atoms with E-state index in [-0.39, 0.29) is 11.8 Å². The maximum atomic E-state index is 12.0. The van der Waals surface area contributed by atoms with Crippen LogP contribution in [-0.4, -0.2) is 25.5 Å². The van der Waals surface area contributed by atoms with Gasteiger partial charge in [-0.2, -0.15) is 0 Å². The Kier molecular flexibility index (Phi) is 3.55. The normalized spacial score (nSPS) is 18.9. The first-order chi connectivity index (χ1) is 8.99. The van der Waals surface area contributed by atoms with Gasteiger partial charge in [-0.05, 0) is 23.8 Å². The fraction of sp³-hybridized carbons (Fsp3) is 0.286. The van der Waals surface area contributed by atoms with E-state index in [0.717, 1.165) is 5.56 Å². The zero-order valence-corrected chi connectivity index (χ0v) is 10.9. The van der Waals surface area contributed by atoms with Crippen molar-refractivity contribution in [2.24, 2.45) is 11.7 Å². The first kappa shape index (κ1) is 13.1. The maximum absolute atomic E-state index is 12.0. The number of hydrogen-bond acceptors (Lipinski definition) is 3. The van der Waals surface area contributed by atoms with Crippen LogP contribution in [0.4, 0.5) is 5.69 Å². The highest BCUT2D eigenvalue weighted by Crippen LogP contribution is 2.32. The molecule has 1 aliphatic rings. The van der Waals surface area contributed by atoms with Crippen LogP contribution in [0.2, 0.25) is 0 Å². The van der Waals surface area contributed by atoms with Crippen molar-refractivity contribution >= 4 is 23.6 Å². The second-order valence-corrected chi connectivity index (χ2v) is 4.57. The summed E-state index contributed by atoms with van der Waals surface area (Å²) in [5.41, 5.74) is 6.54. The molecule has 0 aliphatic carbocycles. The Balaban J connectivity index is 2.38. The molecule has 0 saturated heterocycles. The van der Waals surface area contributed by atoms with Crippen LogP contribution in [0, 0.1) is 5.92 Å². The molecule has 2 rings (SSSR count). The smallest absolute Gasteiger partial charge is 0.241 e. The number of rotatable bonds is 2. The Morgan fingerprint density at radius 3 is 2.95 bits per heavy atom. The molecular formula is C14H16N2O3. The number of ether oxygens (including phenoxy) is 1. The summed E-state index contributed by atoms with van der Waals surface area (Å²) < 4.78 is 5.60. The van der Waals surface area contributed by atoms with E-state index in [1.54, 1.807) is 30.2 Å². The maximum Gasteiger partial charge on any atom is 0.241 e. The van der Waals surface area contributed by atoms with Gasteiger partial charge >= 0.3 is 0 Å². The van der Waals surface area contributed by atoms with Crippen LogP contribution in [-0.2, 0) is 9.59 Å². The SMILES string of the molecule is C[C@H]1COc2ccc(/C=C/C(N)=O)cc2N(C)C1=O. The largest absolute Gasteiger partial charge is 0.491 e. The highest BCUT2D eigenvalue weighted by atomic mass is 16.5. The summed E-state index contributed by atoms with van der Waals surface area (Å²) in [7, 11) is 1.72. The van der Waals surface area contributed by atoms with Gasteiger partial charge in [0.15, 0.2) is 0 Å². The molecule has 1 aliphatic heterocycles. The molecule has 0 radical (unpaired) electrons. The van der Waals surface area contributed by atoms with E-state index in [2.05, 4.69) is 0 Å². The minimum Gasteiger partial charge on any atom is -0.491 e. The van der Waals surface area contributed by atoms with E-state index in [4.69, 9.17) is 10.5 Å². The molecule has 19 heavy (non-hydrogen) atoms. The first-order valence-electron chi connectivity index (χ1n) is 6.01. The average Bonchev–Trinajstić information content (AvgIpc) is 2.49. The highest BCUT2D eigenvalue weighted by molar-refractivity contribution is 5.97. The molecule has 1 aromatic carbocycles. The van der Waals surface area contributed by atoms with Crippen molar-refractivity contribution < 1.29 is 14.3 Å². The third-order valence-corrected chi connectivity index (χ3v) is 3.03. The summed E-state index contributed by atoms with van der Waals surface area (Å²) in [6.07, 6.45) is 2.89. The topological polar surface area (TPSA) is 72.6 Å². The monoisotopic (exact) mass is 260 g/mol. The van der Waals surface area contributed by atoms with Gasteiger partial charge in [-0.15, -0.1) is 0 Å². The molecule has 1 aromatic rings. The Hall–Kier alpha value is -2.30. The fourth-order valence-corrected chi connectivity index (χ4v) is 1.94. The lowest BCUT2D eigenvalue weighted by Gasteiger charge is -2.18. The van der Waals surface area contributed by atoms with Crippen molar-refractivity contribution in [3.63, 3.8) is 0 Å². The standard InChI is InChI=1S/C14H16N2O3/c1-9-8-19-12-5-3-10(4-6-13(15)17)7-11(12)16(2)14(9)18/h3-7,9H,8H2,1-2H3,(H2,15,17)/b6-4+/t9-/m0/s1. The molecule has 0 saturated carbocycles. The summed E-state index contributed by atoms with van der Waals surface area (Å²) in [6.45, 7) is 2.20. The first-order valence-corrected chi connectivity index (χ1v) is 6.01. The zero-order valence-electron chi connectivity index (χ0n) is 10.9. The third-order valence-electron chi connectivity index (χ3n) is 3.03. The van der Waals surface area contributed by atoms with Gasteiger partial charge in [0.1, 0.15) is 5.75 Å². The van der Waals surface area contributed by atoms with E-state index in [9.17, 15) is 9.59 Å². The Morgan fingerprint density at radius 1 is 1.53 bits per heavy atom. The van der Waals surface area contributed by atoms with E-state index >= 15 is 0 Å². The summed E-state index contributed by atoms with van der Waals surface area (Å²) in [6, 6.07) is 5.40. The second kappa shape index (κ2) is 5.14. The molecule has 5 heteroatoms. The Labute approximate surface area is 111 Å². The molecule has 2 amide bonds. The van der Waals surface area contributed by atoms with Crippen LogP contribution >= 0.6 is 0 Å². The van der Waals surface area contributed by atoms with Gasteiger partial charge in [-0.3, -0.25) is 9.59 Å². The number of amides is 2. The molecule has 1 heterocycles. The molecular weight excluding hydrogens is 244 g/mol. The quantitative estimate of drug-likeness (QED) is 0.811. The van der Waals surface area contributed by atoms with Crippen LogP contribution in [0.3, 0.4) is 0 Å². The summed E-state index contributed by atoms with van der Waals surface area (Å²) >= 11 is 0. The van der Waals surface area contributed by atoms with Crippen LogP contribution in [0.25, 0.3) is 6.08 Å². The Bertz CT molecular complexity index is 552. The van der Waals surface area contributed by atoms with Crippen molar-refractivity contribution in [3.8, 4) is 5.75 Å². The lowest BCUT2D eigenvalue weighted by atomic mass is 10.1. The van der Waals surface area contributed by atoms with Crippen molar-refractivity contribution in [1.82, 2.24) is 0 Å². The van der Waals surface area contributed by atoms with Gasteiger partial charge in [0.2, 0.25) is 11.8 Å². The molecule has 100 valence electrons. The predicted molar refractivity (Wildman–Crippen MR) is 72.7 cm³/mol. The fourth-order valence-electron chi connectivity index (χ4n) is 1.94. The molecule has 5 nitrogen and oxygen atoms in total. The van der Waals surface area contributed by atoms with Crippen LogP contribution in [0.1, 0.15) is 12.5 Å². The summed E-state index contributed by atoms with van der Waals surface area (Å²) in [5, 5.41) is 0. The molecule has 0 aromatic heterocycles. The molecule has 0 spiro atoms. The lowest BCUT2D eigenvalue weighted by Crippen LogP contribution is -2.31. The lowest BCUT2D eigenvalue weighted by molar-refractivity contribution is -0.122. The highest BCUT2D eigenvalue weighted by Gasteiger charge is 2.25. The summed E-state index contributed by atoms with van der Waals surface area (Å²) in [5.74, 6) is -0.0162. The number of primary amides is 1. The van der Waals surface area contributed by atoms with Gasteiger partial charge in [0, 0.05) is 13.1 Å². The van der Waals surface area contributed by atoms with Gasteiger partial charge in [-0.25, -0.2) is 0 Å². The molecule has 0 bridgehead atoms. The second-order valence-electron chi connectivity index (χ2n) is 4.57. The number of anilines is 1. The minimum absolute atomic E-state index is 0.00906. The minimum atomic E-state index is -0.510. The van der Waals surface area contributed by atoms with Gasteiger partial charge in [0.25, 0.3) is 0 Å². The van der Waals surface area contributed by atoms with Gasteiger partial charge < -0.3 is 15.4 Å². The van der Waals surface area contributed by atoms with Crippen LogP contribution in [0.5, 0.6) is 5.75 Å². The van der Waals surface area contributed by atoms with Crippen molar-refractivity contribution in [2.45, 2.75) is 6.92 Å². The van der Waals surface area contributed by atoms with E-state index in [1.807, 2.05) is 13.0 Å². The van der Waals surface area contributed by atoms with E-state index in [0.29, 0.717) is 18.0 Å². The number of nitrogens with two attached hydrogens (primary N) is 1. The molecule has 0 fully saturated rings. The Morgan fingerprint density at radius 2 is 2.26 bits per heavy atom. The number of fused-ring (bicyclic) bond motifs is 1. The van der Waals surface area contributed by atoms with Crippen molar-refractivity contribution in [3.05, 3.63) is 29.8 Å². The van der Waals surface area contributed by atoms with Crippen molar-refractivity contribution in [2.75, 3.05) is 18.6 Å². The number of carbonyl (C=O) groups is 2. The predicted octanol–water partition coefficient (Wildman–Crippen LogP) is 1.18. The van der Waals surface area contributed by atoms with Crippen molar-refractivity contribution in [1.29, 1.82) is 0 Å². The number of nitrogens with zero attached hydrogens (tertiary/aromatic N) is 1. The van der Waals surface area contributed by atoms with Crippen LogP contribution in [0.15, 0.2) is 24.3 Å². The van der Waals surface area contributed by atoms with E-state index < -0.39 is 5.91 Å². The van der Waals surface area contributed by atoms with Gasteiger partial charge in [-0.1, -0.05) is 13.0 Å². The molecule has 1 atom stereocenters. The van der Waals surface area contributed by atoms with E-state index in [1.165, 1.54) is 6.08 Å². The molecule has 2 N–H and O–H groups in total. The zero-order chi connectivity index (χ0) is 14.0. The third kappa shape index (κ3) is 2.76.